The summed E-state index contributed by atoms with van der Waals surface area (Å²) in [4.78, 5) is 15.7. The van der Waals surface area contributed by atoms with Gasteiger partial charge in [0.25, 0.3) is 10.0 Å². The molecule has 2 aliphatic carbocycles. The summed E-state index contributed by atoms with van der Waals surface area (Å²) >= 11 is 0. The molecular weight excluding hydrogens is 592 g/mol. The molecule has 2 saturated carbocycles. The maximum Gasteiger partial charge on any atom is 0.256 e. The fraction of sp³-hybridized carbons (Fsp3) is 0.452. The Morgan fingerprint density at radius 2 is 1.82 bits per heavy atom. The molecule has 2 fully saturated rings. The molecule has 6 rings (SSSR count). The number of anilines is 3. The van der Waals surface area contributed by atoms with Crippen molar-refractivity contribution in [2.24, 2.45) is 0 Å². The van der Waals surface area contributed by atoms with Gasteiger partial charge in [0.05, 0.1) is 52.3 Å². The Morgan fingerprint density at radius 3 is 2.60 bits per heavy atom. The van der Waals surface area contributed by atoms with Gasteiger partial charge in [-0.1, -0.05) is 11.8 Å². The monoisotopic (exact) mass is 630 g/mol. The molecule has 0 spiro atoms. The van der Waals surface area contributed by atoms with Crippen LogP contribution in [0.4, 0.5) is 17.3 Å². The second-order valence-electron chi connectivity index (χ2n) is 11.9. The molecule has 13 nitrogen and oxygen atoms in total. The molecule has 0 amide bonds. The van der Waals surface area contributed by atoms with Crippen LogP contribution in [-0.2, 0) is 16.6 Å². The summed E-state index contributed by atoms with van der Waals surface area (Å²) in [6, 6.07) is 3.83. The molecule has 0 saturated heterocycles. The van der Waals surface area contributed by atoms with Gasteiger partial charge in [0, 0.05) is 37.2 Å². The number of aliphatic hydroxyl groups is 1. The molecule has 2 aliphatic rings. The maximum atomic E-state index is 12.6. The normalized spacial score (nSPS) is 18.4. The van der Waals surface area contributed by atoms with Crippen LogP contribution in [-0.4, -0.2) is 90.4 Å². The number of hydrogen-bond donors (Lipinski definition) is 3. The van der Waals surface area contributed by atoms with E-state index in [2.05, 4.69) is 66.6 Å². The van der Waals surface area contributed by atoms with Crippen LogP contribution in [0.25, 0.3) is 11.4 Å². The lowest BCUT2D eigenvalue weighted by atomic mass is 9.93. The zero-order chi connectivity index (χ0) is 31.4. The minimum absolute atomic E-state index is 0.206. The lowest BCUT2D eigenvalue weighted by Crippen LogP contribution is -2.28. The SMILES string of the molecule is CN(C)CCCn1cc(C#Cc2cnc(Nc3ccnc(-c4cnn(S(=O)(=O)C5CC5)c4)n3)cc2NC2CCC(O)CC2)cn1. The molecule has 4 heterocycles. The standard InChI is InChI=1S/C31H38N10O3S/c1-39(2)14-3-15-40-20-22(17-34-40)4-5-23-18-33-30(16-28(23)36-25-6-8-26(42)9-7-25)37-29-12-13-32-31(38-29)24-19-35-41(21-24)45(43,44)27-10-11-27/h12-13,16-21,25-27,42H,3,6-11,14-15H2,1-2H3,(H2,32,33,36,37,38). The number of nitrogens with one attached hydrogen (secondary N) is 2. The molecule has 3 N–H and O–H groups in total. The molecule has 4 aromatic rings. The highest BCUT2D eigenvalue weighted by Crippen LogP contribution is 2.30. The predicted molar refractivity (Wildman–Crippen MR) is 171 cm³/mol. The molecule has 4 aromatic heterocycles. The first-order valence-corrected chi connectivity index (χ1v) is 16.8. The van der Waals surface area contributed by atoms with E-state index in [4.69, 9.17) is 0 Å². The van der Waals surface area contributed by atoms with Gasteiger partial charge in [-0.2, -0.15) is 14.3 Å². The van der Waals surface area contributed by atoms with Crippen LogP contribution in [0, 0.1) is 11.8 Å². The van der Waals surface area contributed by atoms with Crippen LogP contribution in [0.3, 0.4) is 0 Å². The lowest BCUT2D eigenvalue weighted by Gasteiger charge is -2.27. The first-order valence-electron chi connectivity index (χ1n) is 15.3. The van der Waals surface area contributed by atoms with Crippen LogP contribution in [0.1, 0.15) is 56.1 Å². The Balaban J connectivity index is 1.20. The molecular formula is C31H38N10O3S. The summed E-state index contributed by atoms with van der Waals surface area (Å²) in [5.74, 6) is 7.90. The molecule has 0 bridgehead atoms. The smallest absolute Gasteiger partial charge is 0.256 e. The number of aromatic nitrogens is 7. The van der Waals surface area contributed by atoms with Gasteiger partial charge in [-0.15, -0.1) is 0 Å². The number of hydrogen-bond acceptors (Lipinski definition) is 11. The van der Waals surface area contributed by atoms with Crippen molar-refractivity contribution in [2.75, 3.05) is 31.3 Å². The third-order valence-corrected chi connectivity index (χ3v) is 9.90. The van der Waals surface area contributed by atoms with E-state index < -0.39 is 10.0 Å². The van der Waals surface area contributed by atoms with Crippen LogP contribution in [0.15, 0.2) is 49.3 Å². The van der Waals surface area contributed by atoms with Crippen molar-refractivity contribution in [1.82, 2.24) is 38.8 Å². The average molecular weight is 631 g/mol. The van der Waals surface area contributed by atoms with Crippen molar-refractivity contribution in [1.29, 1.82) is 0 Å². The molecule has 236 valence electrons. The van der Waals surface area contributed by atoms with E-state index in [9.17, 15) is 13.5 Å². The Hall–Kier alpha value is -4.32. The van der Waals surface area contributed by atoms with Gasteiger partial charge < -0.3 is 20.6 Å². The van der Waals surface area contributed by atoms with E-state index >= 15 is 0 Å². The number of rotatable bonds is 11. The number of nitrogens with zero attached hydrogens (tertiary/aromatic N) is 8. The molecule has 45 heavy (non-hydrogen) atoms. The Labute approximate surface area is 263 Å². The van der Waals surface area contributed by atoms with E-state index in [0.29, 0.717) is 35.9 Å². The lowest BCUT2D eigenvalue weighted by molar-refractivity contribution is 0.126. The van der Waals surface area contributed by atoms with E-state index in [1.54, 1.807) is 24.7 Å². The zero-order valence-corrected chi connectivity index (χ0v) is 26.3. The van der Waals surface area contributed by atoms with Gasteiger partial charge in [0.15, 0.2) is 5.82 Å². The molecule has 14 heteroatoms. The van der Waals surface area contributed by atoms with Crippen LogP contribution in [0.2, 0.25) is 0 Å². The summed E-state index contributed by atoms with van der Waals surface area (Å²) in [6.45, 7) is 1.82. The van der Waals surface area contributed by atoms with Crippen molar-refractivity contribution in [3.05, 3.63) is 60.4 Å². The Kier molecular flexibility index (Phi) is 9.11. The van der Waals surface area contributed by atoms with Crippen molar-refractivity contribution in [2.45, 2.75) is 68.9 Å². The first kappa shape index (κ1) is 30.7. The number of aliphatic hydroxyl groups excluding tert-OH is 1. The summed E-state index contributed by atoms with van der Waals surface area (Å²) in [5.41, 5.74) is 2.92. The summed E-state index contributed by atoms with van der Waals surface area (Å²) in [5, 5.41) is 25.0. The summed E-state index contributed by atoms with van der Waals surface area (Å²) in [7, 11) is 0.640. The van der Waals surface area contributed by atoms with Crippen LogP contribution in [0.5, 0.6) is 0 Å². The predicted octanol–water partition coefficient (Wildman–Crippen LogP) is 3.08. The van der Waals surface area contributed by atoms with Gasteiger partial charge in [-0.05, 0) is 71.7 Å². The van der Waals surface area contributed by atoms with Gasteiger partial charge >= 0.3 is 0 Å². The Morgan fingerprint density at radius 1 is 1.00 bits per heavy atom. The molecule has 0 unspecified atom stereocenters. The van der Waals surface area contributed by atoms with Gasteiger partial charge in [-0.3, -0.25) is 4.68 Å². The van der Waals surface area contributed by atoms with Gasteiger partial charge in [0.1, 0.15) is 11.6 Å². The number of aryl methyl sites for hydroxylation is 1. The van der Waals surface area contributed by atoms with Gasteiger partial charge in [0.2, 0.25) is 0 Å². The second kappa shape index (κ2) is 13.4. The maximum absolute atomic E-state index is 12.6. The molecule has 0 aliphatic heterocycles. The van der Waals surface area contributed by atoms with E-state index in [-0.39, 0.29) is 17.4 Å². The van der Waals surface area contributed by atoms with Gasteiger partial charge in [-0.25, -0.2) is 23.4 Å². The highest BCUT2D eigenvalue weighted by molar-refractivity contribution is 7.90. The zero-order valence-electron chi connectivity index (χ0n) is 25.5. The minimum atomic E-state index is -3.48. The molecule has 0 atom stereocenters. The average Bonchev–Trinajstić information content (AvgIpc) is 3.59. The first-order chi connectivity index (χ1) is 21.7. The highest BCUT2D eigenvalue weighted by Gasteiger charge is 2.37. The largest absolute Gasteiger partial charge is 0.393 e. The van der Waals surface area contributed by atoms with E-state index in [1.807, 2.05) is 16.9 Å². The Bertz CT molecular complexity index is 1790. The fourth-order valence-corrected chi connectivity index (χ4v) is 6.67. The number of pyridine rings is 1. The van der Waals surface area contributed by atoms with Crippen LogP contribution >= 0.6 is 0 Å². The molecule has 0 radical (unpaired) electrons. The van der Waals surface area contributed by atoms with Crippen molar-refractivity contribution in [3.8, 4) is 23.2 Å². The van der Waals surface area contributed by atoms with Crippen molar-refractivity contribution < 1.29 is 13.5 Å². The van der Waals surface area contributed by atoms with Crippen LogP contribution < -0.4 is 10.6 Å². The topological polar surface area (TPSA) is 156 Å². The van der Waals surface area contributed by atoms with Crippen molar-refractivity contribution >= 4 is 27.3 Å². The third-order valence-electron chi connectivity index (χ3n) is 7.86. The minimum Gasteiger partial charge on any atom is -0.393 e. The van der Waals surface area contributed by atoms with Crippen molar-refractivity contribution in [3.63, 3.8) is 0 Å². The third kappa shape index (κ3) is 7.86. The fourth-order valence-electron chi connectivity index (χ4n) is 5.20. The van der Waals surface area contributed by atoms with E-state index in [1.165, 1.54) is 12.4 Å². The second-order valence-corrected chi connectivity index (χ2v) is 14.0. The molecule has 0 aromatic carbocycles. The van der Waals surface area contributed by atoms with E-state index in [0.717, 1.165) is 66.1 Å². The highest BCUT2D eigenvalue weighted by atomic mass is 32.2. The quantitative estimate of drug-likeness (QED) is 0.209. The summed E-state index contributed by atoms with van der Waals surface area (Å²) in [6.07, 6.45) is 15.3. The summed E-state index contributed by atoms with van der Waals surface area (Å²) < 4.78 is 28.0.